The topological polar surface area (TPSA) is 55.4 Å². The van der Waals surface area contributed by atoms with E-state index in [1.807, 2.05) is 13.8 Å². The zero-order chi connectivity index (χ0) is 16.0. The molecule has 4 heteroatoms. The van der Waals surface area contributed by atoms with Crippen LogP contribution < -0.4 is 5.32 Å². The number of nitrogens with one attached hydrogen (secondary N) is 1. The Kier molecular flexibility index (Phi) is 5.47. The highest BCUT2D eigenvalue weighted by atomic mass is 16.5. The first kappa shape index (κ1) is 16.7. The molecule has 0 aliphatic rings. The molecule has 0 radical (unpaired) electrons. The number of rotatable bonds is 7. The van der Waals surface area contributed by atoms with Gasteiger partial charge in [0.25, 0.3) is 0 Å². The quantitative estimate of drug-likeness (QED) is 0.476. The number of amides is 1. The lowest BCUT2D eigenvalue weighted by atomic mass is 9.92. The summed E-state index contributed by atoms with van der Waals surface area (Å²) in [7, 11) is 0. The first-order valence-corrected chi connectivity index (χ1v) is 6.73. The van der Waals surface area contributed by atoms with Gasteiger partial charge in [-0.3, -0.25) is 9.59 Å². The van der Waals surface area contributed by atoms with Crippen molar-refractivity contribution in [2.45, 2.75) is 26.3 Å². The van der Waals surface area contributed by atoms with Gasteiger partial charge in [-0.15, -0.1) is 0 Å². The summed E-state index contributed by atoms with van der Waals surface area (Å²) in [5.41, 5.74) is 0.836. The zero-order valence-corrected chi connectivity index (χ0v) is 12.7. The van der Waals surface area contributed by atoms with Crippen LogP contribution in [0.5, 0.6) is 0 Å². The molecule has 0 unspecified atom stereocenters. The Morgan fingerprint density at radius 2 is 1.86 bits per heavy atom. The van der Waals surface area contributed by atoms with E-state index >= 15 is 0 Å². The maximum Gasteiger partial charge on any atom is 0.244 e. The second kappa shape index (κ2) is 6.88. The van der Waals surface area contributed by atoms with E-state index in [1.54, 1.807) is 31.2 Å². The van der Waals surface area contributed by atoms with Gasteiger partial charge in [-0.05, 0) is 32.4 Å². The van der Waals surface area contributed by atoms with Crippen molar-refractivity contribution < 1.29 is 14.3 Å². The lowest BCUT2D eigenvalue weighted by molar-refractivity contribution is -0.118. The first-order valence-electron chi connectivity index (χ1n) is 6.73. The number of hydrogen-bond donors (Lipinski definition) is 1. The average Bonchev–Trinajstić information content (AvgIpc) is 2.46. The van der Waals surface area contributed by atoms with Gasteiger partial charge in [-0.25, -0.2) is 0 Å². The third-order valence-corrected chi connectivity index (χ3v) is 3.06. The van der Waals surface area contributed by atoms with Gasteiger partial charge >= 0.3 is 0 Å². The van der Waals surface area contributed by atoms with E-state index in [1.165, 1.54) is 6.08 Å². The minimum absolute atomic E-state index is 0.129. The Hall–Kier alpha value is -2.36. The summed E-state index contributed by atoms with van der Waals surface area (Å²) >= 11 is 0. The van der Waals surface area contributed by atoms with E-state index < -0.39 is 5.54 Å². The molecule has 1 rings (SSSR count). The van der Waals surface area contributed by atoms with Crippen LogP contribution in [0.3, 0.4) is 0 Å². The number of carbonyl (C=O) groups is 2. The smallest absolute Gasteiger partial charge is 0.244 e. The van der Waals surface area contributed by atoms with Crippen LogP contribution in [-0.4, -0.2) is 18.3 Å². The lowest BCUT2D eigenvalue weighted by Crippen LogP contribution is -2.40. The molecule has 0 aromatic heterocycles. The molecule has 1 aromatic rings. The SMILES string of the molecule is C=CC(=O)NC(C)(C)c1ccc(C(=O)C(=C)OCC)cc1. The predicted molar refractivity (Wildman–Crippen MR) is 82.9 cm³/mol. The summed E-state index contributed by atoms with van der Waals surface area (Å²) in [6.45, 7) is 13.0. The van der Waals surface area contributed by atoms with Crippen molar-refractivity contribution in [1.82, 2.24) is 5.32 Å². The Bertz CT molecular complexity index is 556. The fraction of sp³-hybridized carbons (Fsp3) is 0.294. The standard InChI is InChI=1S/C17H21NO3/c1-6-15(19)18-17(4,5)14-10-8-13(9-11-14)16(20)12(3)21-7-2/h6,8-11H,1,3,7H2,2,4-5H3,(H,18,19). The molecule has 1 N–H and O–H groups in total. The molecule has 0 heterocycles. The van der Waals surface area contributed by atoms with Gasteiger partial charge in [0.15, 0.2) is 5.76 Å². The second-order valence-electron chi connectivity index (χ2n) is 5.08. The minimum Gasteiger partial charge on any atom is -0.490 e. The molecule has 0 spiro atoms. The molecule has 0 fully saturated rings. The van der Waals surface area contributed by atoms with Gasteiger partial charge in [-0.2, -0.15) is 0 Å². The van der Waals surface area contributed by atoms with Crippen LogP contribution in [-0.2, 0) is 15.1 Å². The normalized spacial score (nSPS) is 10.6. The van der Waals surface area contributed by atoms with E-state index in [0.717, 1.165) is 5.56 Å². The highest BCUT2D eigenvalue weighted by molar-refractivity contribution is 6.06. The summed E-state index contributed by atoms with van der Waals surface area (Å²) in [6.07, 6.45) is 1.23. The Labute approximate surface area is 125 Å². The van der Waals surface area contributed by atoms with Crippen LogP contribution in [0.4, 0.5) is 0 Å². The third-order valence-electron chi connectivity index (χ3n) is 3.06. The van der Waals surface area contributed by atoms with E-state index in [0.29, 0.717) is 12.2 Å². The molecule has 0 atom stereocenters. The van der Waals surface area contributed by atoms with Crippen LogP contribution in [0.1, 0.15) is 36.7 Å². The van der Waals surface area contributed by atoms with Crippen molar-refractivity contribution in [2.24, 2.45) is 0 Å². The molecular formula is C17H21NO3. The fourth-order valence-electron chi connectivity index (χ4n) is 1.87. The molecule has 0 saturated heterocycles. The summed E-state index contributed by atoms with van der Waals surface area (Å²) in [4.78, 5) is 23.4. The molecular weight excluding hydrogens is 266 g/mol. The van der Waals surface area contributed by atoms with E-state index in [4.69, 9.17) is 4.74 Å². The van der Waals surface area contributed by atoms with Crippen LogP contribution in [0.25, 0.3) is 0 Å². The number of carbonyl (C=O) groups excluding carboxylic acids is 2. The summed E-state index contributed by atoms with van der Waals surface area (Å²) in [5.74, 6) is -0.356. The van der Waals surface area contributed by atoms with Crippen molar-refractivity contribution in [3.63, 3.8) is 0 Å². The molecule has 0 aliphatic carbocycles. The third kappa shape index (κ3) is 4.31. The number of Topliss-reactive ketones (excluding diaryl/α,β-unsaturated/α-hetero) is 1. The van der Waals surface area contributed by atoms with Crippen molar-refractivity contribution in [3.05, 3.63) is 60.4 Å². The number of benzene rings is 1. The highest BCUT2D eigenvalue weighted by Gasteiger charge is 2.22. The molecule has 0 bridgehead atoms. The minimum atomic E-state index is -0.552. The van der Waals surface area contributed by atoms with Crippen LogP contribution in [0.2, 0.25) is 0 Å². The van der Waals surface area contributed by atoms with Gasteiger partial charge in [-0.1, -0.05) is 37.4 Å². The highest BCUT2D eigenvalue weighted by Crippen LogP contribution is 2.21. The Morgan fingerprint density at radius 1 is 1.29 bits per heavy atom. The van der Waals surface area contributed by atoms with Crippen LogP contribution in [0.15, 0.2) is 49.3 Å². The summed E-state index contributed by atoms with van der Waals surface area (Å²) in [5, 5.41) is 2.83. The molecule has 4 nitrogen and oxygen atoms in total. The molecule has 1 amide bonds. The average molecular weight is 287 g/mol. The second-order valence-corrected chi connectivity index (χ2v) is 5.08. The Morgan fingerprint density at radius 3 is 2.33 bits per heavy atom. The van der Waals surface area contributed by atoms with Crippen LogP contribution >= 0.6 is 0 Å². The van der Waals surface area contributed by atoms with E-state index in [2.05, 4.69) is 18.5 Å². The largest absolute Gasteiger partial charge is 0.490 e. The molecule has 0 saturated carbocycles. The van der Waals surface area contributed by atoms with Gasteiger partial charge in [0.05, 0.1) is 12.1 Å². The van der Waals surface area contributed by atoms with Crippen molar-refractivity contribution in [3.8, 4) is 0 Å². The number of allylic oxidation sites excluding steroid dienone is 1. The molecule has 21 heavy (non-hydrogen) atoms. The van der Waals surface area contributed by atoms with Crippen molar-refractivity contribution >= 4 is 11.7 Å². The van der Waals surface area contributed by atoms with Gasteiger partial charge in [0.2, 0.25) is 11.7 Å². The lowest BCUT2D eigenvalue weighted by Gasteiger charge is -2.26. The number of ether oxygens (including phenoxy) is 1. The monoisotopic (exact) mass is 287 g/mol. The van der Waals surface area contributed by atoms with Crippen LogP contribution in [0, 0.1) is 0 Å². The van der Waals surface area contributed by atoms with Gasteiger partial charge in [0.1, 0.15) is 0 Å². The van der Waals surface area contributed by atoms with Crippen molar-refractivity contribution in [1.29, 1.82) is 0 Å². The maximum absolute atomic E-state index is 12.0. The fourth-order valence-corrected chi connectivity index (χ4v) is 1.87. The van der Waals surface area contributed by atoms with Gasteiger partial charge < -0.3 is 10.1 Å². The molecule has 112 valence electrons. The van der Waals surface area contributed by atoms with Crippen molar-refractivity contribution in [2.75, 3.05) is 6.61 Å². The predicted octanol–water partition coefficient (Wildman–Crippen LogP) is 2.96. The summed E-state index contributed by atoms with van der Waals surface area (Å²) < 4.78 is 5.11. The van der Waals surface area contributed by atoms with Gasteiger partial charge in [0, 0.05) is 5.56 Å². The Balaban J connectivity index is 2.91. The summed E-state index contributed by atoms with van der Waals surface area (Å²) in [6, 6.07) is 7.00. The molecule has 0 aliphatic heterocycles. The number of hydrogen-bond acceptors (Lipinski definition) is 3. The zero-order valence-electron chi connectivity index (χ0n) is 12.7. The maximum atomic E-state index is 12.0. The first-order chi connectivity index (χ1) is 9.81. The van der Waals surface area contributed by atoms with E-state index in [9.17, 15) is 9.59 Å². The molecule has 1 aromatic carbocycles. The number of ketones is 1. The van der Waals surface area contributed by atoms with E-state index in [-0.39, 0.29) is 17.4 Å².